The highest BCUT2D eigenvalue weighted by atomic mass is 19.1. The number of carbonyl (C=O) groups is 1. The van der Waals surface area contributed by atoms with Gasteiger partial charge in [-0.25, -0.2) is 9.37 Å². The number of carbonyl (C=O) groups excluding carboxylic acids is 1. The Balaban J connectivity index is 1.52. The predicted octanol–water partition coefficient (Wildman–Crippen LogP) is 3.18. The Labute approximate surface area is 166 Å². The Morgan fingerprint density at radius 1 is 1.34 bits per heavy atom. The van der Waals surface area contributed by atoms with E-state index in [1.807, 2.05) is 18.2 Å². The van der Waals surface area contributed by atoms with E-state index >= 15 is 0 Å². The van der Waals surface area contributed by atoms with Crippen molar-refractivity contribution >= 4 is 29.0 Å². The summed E-state index contributed by atoms with van der Waals surface area (Å²) in [5.74, 6) is -0.0511. The maximum Gasteiger partial charge on any atom is 0.265 e. The molecule has 0 unspecified atom stereocenters. The zero-order chi connectivity index (χ0) is 20.4. The van der Waals surface area contributed by atoms with E-state index in [9.17, 15) is 9.18 Å². The number of halogens is 1. The van der Waals surface area contributed by atoms with Crippen LogP contribution in [0.5, 0.6) is 5.75 Å². The predicted molar refractivity (Wildman–Crippen MR) is 108 cm³/mol. The summed E-state index contributed by atoms with van der Waals surface area (Å²) in [7, 11) is 0. The van der Waals surface area contributed by atoms with Crippen molar-refractivity contribution in [2.75, 3.05) is 16.0 Å². The molecule has 0 bridgehead atoms. The number of nitrogens with one attached hydrogen (secondary N) is 3. The molecular formula is C20H19FN6O2. The van der Waals surface area contributed by atoms with Crippen LogP contribution in [0.25, 0.3) is 0 Å². The number of nitrogens with two attached hydrogens (primary N) is 1. The molecule has 2 aromatic rings. The summed E-state index contributed by atoms with van der Waals surface area (Å²) < 4.78 is 19.7. The van der Waals surface area contributed by atoms with Gasteiger partial charge in [-0.05, 0) is 49.4 Å². The average molecular weight is 394 g/mol. The van der Waals surface area contributed by atoms with Gasteiger partial charge in [0.1, 0.15) is 5.75 Å². The standard InChI is InChI=1S/C20H19FN6O2/c1-11-19(28)26-16-8-14(6-7-17(16)29-11)24-18-15(21)10-23-20(27-18)25-13-4-2-12(9-22)3-5-13/h2,4-11H,3,22H2,1H3,(H,26,28)(H2,23,24,25,27)/t11-/m0/s1. The van der Waals surface area contributed by atoms with E-state index < -0.39 is 11.9 Å². The molecule has 1 aliphatic heterocycles. The lowest BCUT2D eigenvalue weighted by Crippen LogP contribution is -2.34. The molecule has 0 radical (unpaired) electrons. The van der Waals surface area contributed by atoms with E-state index in [2.05, 4.69) is 25.9 Å². The largest absolute Gasteiger partial charge is 0.479 e. The zero-order valence-corrected chi connectivity index (χ0v) is 15.6. The quantitative estimate of drug-likeness (QED) is 0.630. The highest BCUT2D eigenvalue weighted by molar-refractivity contribution is 5.98. The smallest absolute Gasteiger partial charge is 0.265 e. The number of allylic oxidation sites excluding steroid dienone is 4. The van der Waals surface area contributed by atoms with Crippen LogP contribution in [0.15, 0.2) is 60.1 Å². The third kappa shape index (κ3) is 4.03. The second kappa shape index (κ2) is 7.63. The summed E-state index contributed by atoms with van der Waals surface area (Å²) in [5.41, 5.74) is 8.33. The number of nitrogens with zero attached hydrogens (tertiary/aromatic N) is 2. The first-order chi connectivity index (χ1) is 14.0. The third-order valence-electron chi connectivity index (χ3n) is 4.42. The summed E-state index contributed by atoms with van der Waals surface area (Å²) in [6, 6.07) is 5.07. The molecule has 5 N–H and O–H groups in total. The lowest BCUT2D eigenvalue weighted by Gasteiger charge is -2.23. The lowest BCUT2D eigenvalue weighted by atomic mass is 10.1. The Morgan fingerprint density at radius 2 is 2.21 bits per heavy atom. The summed E-state index contributed by atoms with van der Waals surface area (Å²) in [4.78, 5) is 20.0. The van der Waals surface area contributed by atoms with Crippen molar-refractivity contribution in [2.45, 2.75) is 19.4 Å². The molecule has 0 saturated heterocycles. The summed E-state index contributed by atoms with van der Waals surface area (Å²) in [6.07, 6.45) is 8.42. The van der Waals surface area contributed by atoms with Gasteiger partial charge in [0.15, 0.2) is 17.7 Å². The number of hydrogen-bond acceptors (Lipinski definition) is 7. The molecule has 2 heterocycles. The number of rotatable bonds is 4. The van der Waals surface area contributed by atoms with Gasteiger partial charge in [-0.2, -0.15) is 4.98 Å². The molecular weight excluding hydrogens is 375 g/mol. The molecule has 4 rings (SSSR count). The number of aromatic nitrogens is 2. The third-order valence-corrected chi connectivity index (χ3v) is 4.42. The van der Waals surface area contributed by atoms with Gasteiger partial charge in [0.05, 0.1) is 11.9 Å². The van der Waals surface area contributed by atoms with Crippen LogP contribution in [0.3, 0.4) is 0 Å². The normalized spacial score (nSPS) is 19.1. The molecule has 2 aliphatic rings. The first-order valence-corrected chi connectivity index (χ1v) is 8.99. The molecule has 1 aromatic heterocycles. The van der Waals surface area contributed by atoms with Crippen molar-refractivity contribution in [3.05, 3.63) is 65.9 Å². The van der Waals surface area contributed by atoms with Gasteiger partial charge in [0.2, 0.25) is 5.95 Å². The maximum absolute atomic E-state index is 14.2. The Morgan fingerprint density at radius 3 is 2.97 bits per heavy atom. The minimum atomic E-state index is -0.608. The van der Waals surface area contributed by atoms with E-state index in [4.69, 9.17) is 10.5 Å². The topological polar surface area (TPSA) is 114 Å². The monoisotopic (exact) mass is 394 g/mol. The highest BCUT2D eigenvalue weighted by Gasteiger charge is 2.23. The van der Waals surface area contributed by atoms with Crippen molar-refractivity contribution in [1.82, 2.24) is 9.97 Å². The first-order valence-electron chi connectivity index (χ1n) is 8.99. The van der Waals surface area contributed by atoms with E-state index in [0.717, 1.165) is 17.5 Å². The van der Waals surface area contributed by atoms with Crippen molar-refractivity contribution in [3.63, 3.8) is 0 Å². The van der Waals surface area contributed by atoms with E-state index in [-0.39, 0.29) is 17.7 Å². The van der Waals surface area contributed by atoms with Gasteiger partial charge in [0.25, 0.3) is 5.91 Å². The minimum Gasteiger partial charge on any atom is -0.479 e. The van der Waals surface area contributed by atoms with Crippen LogP contribution in [0, 0.1) is 5.82 Å². The van der Waals surface area contributed by atoms with E-state index in [0.29, 0.717) is 23.5 Å². The van der Waals surface area contributed by atoms with Crippen molar-refractivity contribution in [3.8, 4) is 5.75 Å². The second-order valence-electron chi connectivity index (χ2n) is 6.54. The second-order valence-corrected chi connectivity index (χ2v) is 6.54. The number of ether oxygens (including phenoxy) is 1. The number of benzene rings is 1. The van der Waals surface area contributed by atoms with Gasteiger partial charge < -0.3 is 26.4 Å². The molecule has 1 atom stereocenters. The summed E-state index contributed by atoms with van der Waals surface area (Å²) in [6.45, 7) is 1.67. The fraction of sp³-hybridized carbons (Fsp3) is 0.150. The highest BCUT2D eigenvalue weighted by Crippen LogP contribution is 2.33. The molecule has 0 fully saturated rings. The van der Waals surface area contributed by atoms with Gasteiger partial charge >= 0.3 is 0 Å². The Kier molecular flexibility index (Phi) is 4.86. The molecule has 0 saturated carbocycles. The fourth-order valence-electron chi connectivity index (χ4n) is 2.84. The zero-order valence-electron chi connectivity index (χ0n) is 15.6. The SMILES string of the molecule is C[C@@H]1Oc2ccc(Nc3nc(NC4=CCC(=CN)C=C4)ncc3F)cc2NC1=O. The lowest BCUT2D eigenvalue weighted by molar-refractivity contribution is -0.122. The molecule has 148 valence electrons. The van der Waals surface area contributed by atoms with Gasteiger partial charge in [-0.3, -0.25) is 4.79 Å². The molecule has 8 nitrogen and oxygen atoms in total. The molecule has 0 spiro atoms. The molecule has 1 amide bonds. The Bertz CT molecular complexity index is 1060. The van der Waals surface area contributed by atoms with Crippen LogP contribution >= 0.6 is 0 Å². The van der Waals surface area contributed by atoms with Gasteiger partial charge in [0, 0.05) is 11.4 Å². The first kappa shape index (κ1) is 18.5. The van der Waals surface area contributed by atoms with Crippen LogP contribution in [-0.4, -0.2) is 22.0 Å². The molecule has 29 heavy (non-hydrogen) atoms. The van der Waals surface area contributed by atoms with Gasteiger partial charge in [-0.1, -0.05) is 12.2 Å². The molecule has 1 aliphatic carbocycles. The van der Waals surface area contributed by atoms with Crippen LogP contribution in [-0.2, 0) is 4.79 Å². The average Bonchev–Trinajstić information content (AvgIpc) is 2.72. The molecule has 1 aromatic carbocycles. The number of hydrogen-bond donors (Lipinski definition) is 4. The number of fused-ring (bicyclic) bond motifs is 1. The summed E-state index contributed by atoms with van der Waals surface area (Å²) >= 11 is 0. The fourth-order valence-corrected chi connectivity index (χ4v) is 2.84. The number of amides is 1. The minimum absolute atomic E-state index is 0.00167. The van der Waals surface area contributed by atoms with Crippen LogP contribution < -0.4 is 26.4 Å². The molecule has 9 heteroatoms. The summed E-state index contributed by atoms with van der Waals surface area (Å²) in [5, 5.41) is 8.70. The van der Waals surface area contributed by atoms with Crippen LogP contribution in [0.2, 0.25) is 0 Å². The van der Waals surface area contributed by atoms with Gasteiger partial charge in [-0.15, -0.1) is 0 Å². The maximum atomic E-state index is 14.2. The number of anilines is 4. The van der Waals surface area contributed by atoms with Crippen molar-refractivity contribution < 1.29 is 13.9 Å². The van der Waals surface area contributed by atoms with E-state index in [1.54, 1.807) is 31.3 Å². The van der Waals surface area contributed by atoms with E-state index in [1.165, 1.54) is 0 Å². The van der Waals surface area contributed by atoms with Crippen LogP contribution in [0.1, 0.15) is 13.3 Å². The van der Waals surface area contributed by atoms with Crippen LogP contribution in [0.4, 0.5) is 27.5 Å². The van der Waals surface area contributed by atoms with Crippen molar-refractivity contribution in [2.24, 2.45) is 5.73 Å². The Hall–Kier alpha value is -3.88. The van der Waals surface area contributed by atoms with Crippen molar-refractivity contribution in [1.29, 1.82) is 0 Å².